The molecule has 0 saturated heterocycles. The van der Waals surface area contributed by atoms with Crippen LogP contribution in [0.15, 0.2) is 46.9 Å². The van der Waals surface area contributed by atoms with Crippen molar-refractivity contribution in [2.24, 2.45) is 5.73 Å². The van der Waals surface area contributed by atoms with E-state index in [9.17, 15) is 10.1 Å². The Bertz CT molecular complexity index is 720. The minimum absolute atomic E-state index is 0.0836. The van der Waals surface area contributed by atoms with Crippen LogP contribution in [0.5, 0.6) is 0 Å². The molecule has 1 aliphatic rings. The van der Waals surface area contributed by atoms with Crippen molar-refractivity contribution < 1.29 is 4.92 Å². The molecule has 0 radical (unpaired) electrons. The summed E-state index contributed by atoms with van der Waals surface area (Å²) in [6.07, 6.45) is 0.868. The second-order valence-corrected chi connectivity index (χ2v) is 6.37. The molecule has 2 N–H and O–H groups in total. The summed E-state index contributed by atoms with van der Waals surface area (Å²) in [7, 11) is 0. The van der Waals surface area contributed by atoms with Crippen molar-refractivity contribution in [2.75, 3.05) is 11.4 Å². The average molecular weight is 362 g/mol. The number of anilines is 1. The van der Waals surface area contributed by atoms with Gasteiger partial charge in [-0.2, -0.15) is 0 Å². The molecule has 1 aliphatic heterocycles. The smallest absolute Gasteiger partial charge is 0.283 e. The molecule has 6 heteroatoms. The molecule has 0 aromatic heterocycles. The van der Waals surface area contributed by atoms with Gasteiger partial charge in [0.05, 0.1) is 9.40 Å². The Kier molecular flexibility index (Phi) is 4.13. The highest BCUT2D eigenvalue weighted by molar-refractivity contribution is 9.10. The summed E-state index contributed by atoms with van der Waals surface area (Å²) >= 11 is 3.22. The molecule has 0 spiro atoms. The van der Waals surface area contributed by atoms with Crippen molar-refractivity contribution in [1.29, 1.82) is 0 Å². The predicted octanol–water partition coefficient (Wildman–Crippen LogP) is 3.25. The van der Waals surface area contributed by atoms with E-state index in [2.05, 4.69) is 33.0 Å². The van der Waals surface area contributed by atoms with Gasteiger partial charge in [-0.3, -0.25) is 10.1 Å². The Balaban J connectivity index is 1.90. The maximum Gasteiger partial charge on any atom is 0.283 e. The summed E-state index contributed by atoms with van der Waals surface area (Å²) in [4.78, 5) is 12.9. The fourth-order valence-corrected chi connectivity index (χ4v) is 3.28. The first-order valence-electron chi connectivity index (χ1n) is 7.06. The van der Waals surface area contributed by atoms with Crippen molar-refractivity contribution in [3.8, 4) is 0 Å². The number of nitrogens with two attached hydrogens (primary N) is 1. The molecule has 0 aliphatic carbocycles. The van der Waals surface area contributed by atoms with Gasteiger partial charge < -0.3 is 10.6 Å². The summed E-state index contributed by atoms with van der Waals surface area (Å²) in [6, 6.07) is 13.5. The third-order valence-electron chi connectivity index (χ3n) is 3.85. The van der Waals surface area contributed by atoms with Gasteiger partial charge >= 0.3 is 0 Å². The average Bonchev–Trinajstić information content (AvgIpc) is 2.48. The van der Waals surface area contributed by atoms with Crippen molar-refractivity contribution in [1.82, 2.24) is 0 Å². The van der Waals surface area contributed by atoms with Crippen LogP contribution in [-0.4, -0.2) is 17.5 Å². The monoisotopic (exact) mass is 361 g/mol. The van der Waals surface area contributed by atoms with Crippen molar-refractivity contribution in [2.45, 2.75) is 19.0 Å². The van der Waals surface area contributed by atoms with E-state index in [1.807, 2.05) is 18.2 Å². The molecule has 1 unspecified atom stereocenters. The number of rotatable bonds is 3. The van der Waals surface area contributed by atoms with E-state index in [0.29, 0.717) is 11.0 Å². The Morgan fingerprint density at radius 2 is 2.09 bits per heavy atom. The van der Waals surface area contributed by atoms with Gasteiger partial charge in [0.25, 0.3) is 5.69 Å². The summed E-state index contributed by atoms with van der Waals surface area (Å²) in [6.45, 7) is 1.36. The number of halogens is 1. The van der Waals surface area contributed by atoms with E-state index >= 15 is 0 Å². The van der Waals surface area contributed by atoms with Gasteiger partial charge in [0.2, 0.25) is 0 Å². The fourth-order valence-electron chi connectivity index (χ4n) is 2.89. The Morgan fingerprint density at radius 3 is 2.86 bits per heavy atom. The van der Waals surface area contributed by atoms with Crippen LogP contribution in [0.3, 0.4) is 0 Å². The van der Waals surface area contributed by atoms with E-state index in [1.165, 1.54) is 5.56 Å². The van der Waals surface area contributed by atoms with Gasteiger partial charge in [-0.25, -0.2) is 0 Å². The first kappa shape index (κ1) is 15.0. The SMILES string of the molecule is NC1Cc2ccccc2N(Cc2ccc(Br)c([N+](=O)[O-])c2)C1. The molecular weight excluding hydrogens is 346 g/mol. The summed E-state index contributed by atoms with van der Waals surface area (Å²) in [5.74, 6) is 0. The quantitative estimate of drug-likeness (QED) is 0.672. The highest BCUT2D eigenvalue weighted by atomic mass is 79.9. The molecule has 1 heterocycles. The number of fused-ring (bicyclic) bond motifs is 1. The van der Waals surface area contributed by atoms with Crippen LogP contribution in [0.25, 0.3) is 0 Å². The molecule has 1 atom stereocenters. The van der Waals surface area contributed by atoms with Crippen LogP contribution in [0, 0.1) is 10.1 Å². The first-order chi connectivity index (χ1) is 10.5. The van der Waals surface area contributed by atoms with Gasteiger partial charge in [0.1, 0.15) is 0 Å². The standard InChI is InChI=1S/C16H16BrN3O2/c17-14-6-5-11(7-16(14)20(21)22)9-19-10-13(18)8-12-3-1-2-4-15(12)19/h1-7,13H,8-10,18H2. The van der Waals surface area contributed by atoms with Gasteiger partial charge in [-0.05, 0) is 45.6 Å². The molecule has 0 amide bonds. The van der Waals surface area contributed by atoms with Crippen molar-refractivity contribution >= 4 is 27.3 Å². The second-order valence-electron chi connectivity index (χ2n) is 5.52. The van der Waals surface area contributed by atoms with E-state index < -0.39 is 0 Å². The first-order valence-corrected chi connectivity index (χ1v) is 7.85. The lowest BCUT2D eigenvalue weighted by atomic mass is 9.98. The fraction of sp³-hybridized carbons (Fsp3) is 0.250. The zero-order valence-electron chi connectivity index (χ0n) is 11.9. The Hall–Kier alpha value is -1.92. The molecular formula is C16H16BrN3O2. The van der Waals surface area contributed by atoms with Crippen LogP contribution in [0.1, 0.15) is 11.1 Å². The number of benzene rings is 2. The number of nitrogens with zero attached hydrogens (tertiary/aromatic N) is 2. The van der Waals surface area contributed by atoms with Crippen LogP contribution in [0.4, 0.5) is 11.4 Å². The molecule has 114 valence electrons. The minimum Gasteiger partial charge on any atom is -0.365 e. The number of nitro groups is 1. The zero-order valence-corrected chi connectivity index (χ0v) is 13.5. The van der Waals surface area contributed by atoms with Crippen LogP contribution < -0.4 is 10.6 Å². The van der Waals surface area contributed by atoms with Crippen LogP contribution in [-0.2, 0) is 13.0 Å². The van der Waals surface area contributed by atoms with Crippen molar-refractivity contribution in [3.05, 3.63) is 68.2 Å². The summed E-state index contributed by atoms with van der Waals surface area (Å²) in [5.41, 5.74) is 9.52. The molecule has 2 aromatic carbocycles. The number of hydrogen-bond acceptors (Lipinski definition) is 4. The van der Waals surface area contributed by atoms with E-state index in [1.54, 1.807) is 12.1 Å². The summed E-state index contributed by atoms with van der Waals surface area (Å²) < 4.78 is 0.497. The highest BCUT2D eigenvalue weighted by Gasteiger charge is 2.22. The van der Waals surface area contributed by atoms with Crippen molar-refractivity contribution in [3.63, 3.8) is 0 Å². The zero-order chi connectivity index (χ0) is 15.7. The van der Waals surface area contributed by atoms with E-state index in [4.69, 9.17) is 5.73 Å². The van der Waals surface area contributed by atoms with Gasteiger partial charge in [0.15, 0.2) is 0 Å². The molecule has 0 bridgehead atoms. The lowest BCUT2D eigenvalue weighted by molar-refractivity contribution is -0.385. The van der Waals surface area contributed by atoms with Gasteiger partial charge in [-0.15, -0.1) is 0 Å². The molecule has 2 aromatic rings. The molecule has 0 saturated carbocycles. The molecule has 3 rings (SSSR count). The third-order valence-corrected chi connectivity index (χ3v) is 4.52. The number of hydrogen-bond donors (Lipinski definition) is 1. The van der Waals surface area contributed by atoms with Crippen LogP contribution in [0.2, 0.25) is 0 Å². The van der Waals surface area contributed by atoms with E-state index in [-0.39, 0.29) is 16.7 Å². The Morgan fingerprint density at radius 1 is 1.32 bits per heavy atom. The highest BCUT2D eigenvalue weighted by Crippen LogP contribution is 2.30. The third kappa shape index (κ3) is 2.98. The largest absolute Gasteiger partial charge is 0.365 e. The maximum atomic E-state index is 11.1. The van der Waals surface area contributed by atoms with Gasteiger partial charge in [0, 0.05) is 30.9 Å². The molecule has 0 fully saturated rings. The van der Waals surface area contributed by atoms with E-state index in [0.717, 1.165) is 24.2 Å². The topological polar surface area (TPSA) is 72.4 Å². The minimum atomic E-state index is -0.372. The number of para-hydroxylation sites is 1. The van der Waals surface area contributed by atoms with Gasteiger partial charge in [-0.1, -0.05) is 24.3 Å². The maximum absolute atomic E-state index is 11.1. The Labute approximate surface area is 137 Å². The normalized spacial score (nSPS) is 17.2. The summed E-state index contributed by atoms with van der Waals surface area (Å²) in [5, 5.41) is 11.1. The lowest BCUT2D eigenvalue weighted by Crippen LogP contribution is -2.42. The second kappa shape index (κ2) is 6.06. The molecule has 5 nitrogen and oxygen atoms in total. The lowest BCUT2D eigenvalue weighted by Gasteiger charge is -2.34. The number of nitro benzene ring substituents is 1. The predicted molar refractivity (Wildman–Crippen MR) is 90.0 cm³/mol. The molecule has 22 heavy (non-hydrogen) atoms. The van der Waals surface area contributed by atoms with Crippen LogP contribution >= 0.6 is 15.9 Å².